The number of piperidine rings is 1. The molecule has 1 aliphatic heterocycles. The third-order valence-corrected chi connectivity index (χ3v) is 4.87. The van der Waals surface area contributed by atoms with E-state index >= 15 is 0 Å². The van der Waals surface area contributed by atoms with Crippen molar-refractivity contribution in [3.8, 4) is 10.7 Å². The van der Waals surface area contributed by atoms with Crippen molar-refractivity contribution in [3.05, 3.63) is 23.4 Å². The zero-order chi connectivity index (χ0) is 14.5. The van der Waals surface area contributed by atoms with Gasteiger partial charge in [-0.25, -0.2) is 0 Å². The van der Waals surface area contributed by atoms with Gasteiger partial charge in [0.15, 0.2) is 0 Å². The van der Waals surface area contributed by atoms with Gasteiger partial charge in [0.25, 0.3) is 0 Å². The Hall–Kier alpha value is -1.24. The highest BCUT2D eigenvalue weighted by atomic mass is 32.1. The predicted octanol–water partition coefficient (Wildman–Crippen LogP) is 2.41. The maximum atomic E-state index is 5.33. The first-order chi connectivity index (χ1) is 10.3. The molecule has 1 aliphatic rings. The lowest BCUT2D eigenvalue weighted by molar-refractivity contribution is 0.199. The second kappa shape index (κ2) is 7.15. The van der Waals surface area contributed by atoms with Crippen molar-refractivity contribution in [2.24, 2.45) is 0 Å². The Bertz CT molecular complexity index is 534. The van der Waals surface area contributed by atoms with E-state index in [1.54, 1.807) is 11.3 Å². The molecule has 1 saturated heterocycles. The van der Waals surface area contributed by atoms with Crippen LogP contribution in [0.1, 0.15) is 25.2 Å². The highest BCUT2D eigenvalue weighted by Crippen LogP contribution is 2.21. The van der Waals surface area contributed by atoms with Crippen molar-refractivity contribution >= 4 is 11.3 Å². The highest BCUT2D eigenvalue weighted by molar-refractivity contribution is 7.13. The molecule has 0 saturated carbocycles. The summed E-state index contributed by atoms with van der Waals surface area (Å²) in [6, 6.07) is 4.69. The number of hydrogen-bond acceptors (Lipinski definition) is 6. The Balaban J connectivity index is 1.45. The van der Waals surface area contributed by atoms with Crippen molar-refractivity contribution in [1.29, 1.82) is 0 Å². The Morgan fingerprint density at radius 3 is 3.24 bits per heavy atom. The van der Waals surface area contributed by atoms with Crippen molar-refractivity contribution in [2.75, 3.05) is 26.7 Å². The van der Waals surface area contributed by atoms with Gasteiger partial charge >= 0.3 is 0 Å². The first kappa shape index (κ1) is 14.7. The number of rotatable bonds is 6. The first-order valence-electron chi connectivity index (χ1n) is 7.60. The van der Waals surface area contributed by atoms with Gasteiger partial charge in [-0.1, -0.05) is 11.2 Å². The van der Waals surface area contributed by atoms with Crippen LogP contribution in [0.3, 0.4) is 0 Å². The summed E-state index contributed by atoms with van der Waals surface area (Å²) in [5.74, 6) is 1.46. The molecule has 0 amide bonds. The van der Waals surface area contributed by atoms with Crippen LogP contribution in [0.25, 0.3) is 10.7 Å². The molecule has 2 aromatic rings. The van der Waals surface area contributed by atoms with Crippen LogP contribution >= 0.6 is 11.3 Å². The third-order valence-electron chi connectivity index (χ3n) is 4.01. The molecule has 2 aromatic heterocycles. The summed E-state index contributed by atoms with van der Waals surface area (Å²) in [4.78, 5) is 7.98. The second-order valence-electron chi connectivity index (χ2n) is 5.57. The minimum absolute atomic E-state index is 0.670. The fraction of sp³-hybridized carbons (Fsp3) is 0.600. The maximum absolute atomic E-state index is 5.33. The second-order valence-corrected chi connectivity index (χ2v) is 6.52. The molecule has 0 bridgehead atoms. The molecule has 114 valence electrons. The fourth-order valence-corrected chi connectivity index (χ4v) is 3.38. The summed E-state index contributed by atoms with van der Waals surface area (Å²) in [6.45, 7) is 3.35. The molecule has 6 heteroatoms. The number of aryl methyl sites for hydroxylation is 1. The molecule has 0 spiro atoms. The number of nitrogens with one attached hydrogen (secondary N) is 1. The van der Waals surface area contributed by atoms with Gasteiger partial charge in [-0.2, -0.15) is 4.98 Å². The zero-order valence-corrected chi connectivity index (χ0v) is 13.2. The van der Waals surface area contributed by atoms with Gasteiger partial charge in [0, 0.05) is 19.0 Å². The van der Waals surface area contributed by atoms with E-state index in [2.05, 4.69) is 27.4 Å². The van der Waals surface area contributed by atoms with E-state index in [0.29, 0.717) is 11.9 Å². The SMILES string of the molecule is CN(CCCc1nc(-c2cccs2)no1)C1CCCNC1. The van der Waals surface area contributed by atoms with E-state index < -0.39 is 0 Å². The minimum Gasteiger partial charge on any atom is -0.339 e. The first-order valence-corrected chi connectivity index (χ1v) is 8.48. The van der Waals surface area contributed by atoms with Crippen LogP contribution < -0.4 is 5.32 Å². The van der Waals surface area contributed by atoms with Crippen molar-refractivity contribution in [1.82, 2.24) is 20.4 Å². The van der Waals surface area contributed by atoms with Crippen LogP contribution in [0.4, 0.5) is 0 Å². The van der Waals surface area contributed by atoms with Crippen molar-refractivity contribution < 1.29 is 4.52 Å². The van der Waals surface area contributed by atoms with Gasteiger partial charge in [-0.15, -0.1) is 11.3 Å². The standard InChI is InChI=1S/C15H22N4OS/c1-19(12-5-2-8-16-11-12)9-3-7-14-17-15(18-20-14)13-6-4-10-21-13/h4,6,10,12,16H,2-3,5,7-9,11H2,1H3. The molecule has 1 N–H and O–H groups in total. The van der Waals surface area contributed by atoms with E-state index in [1.165, 1.54) is 12.8 Å². The molecule has 3 heterocycles. The van der Waals surface area contributed by atoms with E-state index in [0.717, 1.165) is 43.2 Å². The average molecular weight is 306 g/mol. The van der Waals surface area contributed by atoms with Gasteiger partial charge in [-0.3, -0.25) is 0 Å². The molecular formula is C15H22N4OS. The number of nitrogens with zero attached hydrogens (tertiary/aromatic N) is 3. The normalized spacial score (nSPS) is 19.2. The van der Waals surface area contributed by atoms with Gasteiger partial charge in [0.1, 0.15) is 0 Å². The molecule has 0 aliphatic carbocycles. The van der Waals surface area contributed by atoms with Crippen LogP contribution in [0, 0.1) is 0 Å². The van der Waals surface area contributed by atoms with Crippen LogP contribution in [0.2, 0.25) is 0 Å². The summed E-state index contributed by atoms with van der Waals surface area (Å²) >= 11 is 1.64. The number of hydrogen-bond donors (Lipinski definition) is 1. The zero-order valence-electron chi connectivity index (χ0n) is 12.4. The molecule has 1 unspecified atom stereocenters. The summed E-state index contributed by atoms with van der Waals surface area (Å²) in [5.41, 5.74) is 0. The van der Waals surface area contributed by atoms with Gasteiger partial charge in [0.2, 0.25) is 11.7 Å². The molecule has 1 fully saturated rings. The molecule has 5 nitrogen and oxygen atoms in total. The van der Waals surface area contributed by atoms with E-state index in [-0.39, 0.29) is 0 Å². The van der Waals surface area contributed by atoms with Gasteiger partial charge in [0.05, 0.1) is 4.88 Å². The number of thiophene rings is 1. The molecule has 0 aromatic carbocycles. The third kappa shape index (κ3) is 3.90. The lowest BCUT2D eigenvalue weighted by atomic mass is 10.1. The van der Waals surface area contributed by atoms with Crippen molar-refractivity contribution in [3.63, 3.8) is 0 Å². The largest absolute Gasteiger partial charge is 0.339 e. The van der Waals surface area contributed by atoms with Crippen LogP contribution in [-0.2, 0) is 6.42 Å². The summed E-state index contributed by atoms with van der Waals surface area (Å²) < 4.78 is 5.33. The predicted molar refractivity (Wildman–Crippen MR) is 84.5 cm³/mol. The van der Waals surface area contributed by atoms with Crippen LogP contribution in [0.15, 0.2) is 22.0 Å². The molecule has 21 heavy (non-hydrogen) atoms. The monoisotopic (exact) mass is 306 g/mol. The van der Waals surface area contributed by atoms with Crippen LogP contribution in [-0.4, -0.2) is 47.8 Å². The van der Waals surface area contributed by atoms with Gasteiger partial charge < -0.3 is 14.7 Å². The number of aromatic nitrogens is 2. The lowest BCUT2D eigenvalue weighted by Gasteiger charge is -2.31. The summed E-state index contributed by atoms with van der Waals surface area (Å²) in [7, 11) is 2.21. The maximum Gasteiger partial charge on any atom is 0.227 e. The summed E-state index contributed by atoms with van der Waals surface area (Å²) in [6.07, 6.45) is 4.48. The van der Waals surface area contributed by atoms with E-state index in [9.17, 15) is 0 Å². The Morgan fingerprint density at radius 1 is 1.52 bits per heavy atom. The fourth-order valence-electron chi connectivity index (χ4n) is 2.73. The quantitative estimate of drug-likeness (QED) is 0.888. The smallest absolute Gasteiger partial charge is 0.227 e. The minimum atomic E-state index is 0.670. The lowest BCUT2D eigenvalue weighted by Crippen LogP contribution is -2.44. The van der Waals surface area contributed by atoms with E-state index in [4.69, 9.17) is 4.52 Å². The average Bonchev–Trinajstić information content (AvgIpc) is 3.19. The van der Waals surface area contributed by atoms with Crippen molar-refractivity contribution in [2.45, 2.75) is 31.7 Å². The van der Waals surface area contributed by atoms with E-state index in [1.807, 2.05) is 17.5 Å². The molecule has 0 radical (unpaired) electrons. The topological polar surface area (TPSA) is 54.2 Å². The Kier molecular flexibility index (Phi) is 5.00. The Labute approximate surface area is 129 Å². The molecular weight excluding hydrogens is 284 g/mol. The molecule has 3 rings (SSSR count). The Morgan fingerprint density at radius 2 is 2.48 bits per heavy atom. The summed E-state index contributed by atoms with van der Waals surface area (Å²) in [5, 5.41) is 9.53. The van der Waals surface area contributed by atoms with Gasteiger partial charge in [-0.05, 0) is 50.8 Å². The van der Waals surface area contributed by atoms with Crippen LogP contribution in [0.5, 0.6) is 0 Å². The highest BCUT2D eigenvalue weighted by Gasteiger charge is 2.17. The molecule has 1 atom stereocenters. The number of likely N-dealkylation sites (N-methyl/N-ethyl adjacent to an activating group) is 1.